The molecule has 1 amide bonds. The number of aliphatic hydroxyl groups is 1. The summed E-state index contributed by atoms with van der Waals surface area (Å²) in [5, 5.41) is 10.2. The molecule has 0 aromatic heterocycles. The summed E-state index contributed by atoms with van der Waals surface area (Å²) >= 11 is 6.17. The van der Waals surface area contributed by atoms with Gasteiger partial charge in [-0.3, -0.25) is 4.79 Å². The number of rotatable bonds is 7. The first-order valence-electron chi connectivity index (χ1n) is 8.68. The van der Waals surface area contributed by atoms with Crippen LogP contribution in [0.4, 0.5) is 0 Å². The van der Waals surface area contributed by atoms with E-state index in [9.17, 15) is 9.90 Å². The molecule has 4 heteroatoms. The predicted molar refractivity (Wildman–Crippen MR) is 101 cm³/mol. The third-order valence-electron chi connectivity index (χ3n) is 5.12. The number of carbonyl (C=O) groups is 1. The molecule has 1 saturated carbocycles. The maximum Gasteiger partial charge on any atom is 0.223 e. The monoisotopic (exact) mass is 357 g/mol. The fourth-order valence-electron chi connectivity index (χ4n) is 3.30. The number of amides is 1. The minimum absolute atomic E-state index is 0.0286. The maximum atomic E-state index is 12.8. The van der Waals surface area contributed by atoms with Gasteiger partial charge in [0.2, 0.25) is 5.91 Å². The molecule has 1 unspecified atom stereocenters. The zero-order valence-corrected chi connectivity index (χ0v) is 15.2. The van der Waals surface area contributed by atoms with Crippen LogP contribution in [0, 0.1) is 5.41 Å². The molecule has 2 aromatic rings. The highest BCUT2D eigenvalue weighted by molar-refractivity contribution is 6.30. The largest absolute Gasteiger partial charge is 0.396 e. The Morgan fingerprint density at radius 2 is 1.84 bits per heavy atom. The molecule has 0 radical (unpaired) electrons. The molecule has 1 N–H and O–H groups in total. The van der Waals surface area contributed by atoms with E-state index in [1.165, 1.54) is 0 Å². The summed E-state index contributed by atoms with van der Waals surface area (Å²) in [5.41, 5.74) is 2.08. The van der Waals surface area contributed by atoms with Crippen molar-refractivity contribution in [3.63, 3.8) is 0 Å². The van der Waals surface area contributed by atoms with Gasteiger partial charge in [0.25, 0.3) is 0 Å². The molecule has 1 fully saturated rings. The molecule has 0 saturated heterocycles. The van der Waals surface area contributed by atoms with Crippen LogP contribution in [0.2, 0.25) is 5.02 Å². The summed E-state index contributed by atoms with van der Waals surface area (Å²) in [6.45, 7) is 0.778. The average Bonchev–Trinajstić information content (AvgIpc) is 3.40. The zero-order valence-electron chi connectivity index (χ0n) is 14.5. The second-order valence-electron chi connectivity index (χ2n) is 7.13. The Kier molecular flexibility index (Phi) is 5.45. The molecular formula is C21H24ClNO2. The Morgan fingerprint density at radius 1 is 1.16 bits per heavy atom. The molecule has 2 aromatic carbocycles. The molecule has 0 bridgehead atoms. The van der Waals surface area contributed by atoms with Crippen LogP contribution >= 0.6 is 11.6 Å². The topological polar surface area (TPSA) is 40.5 Å². The van der Waals surface area contributed by atoms with E-state index in [1.807, 2.05) is 49.5 Å². The van der Waals surface area contributed by atoms with E-state index in [1.54, 1.807) is 4.90 Å². The molecule has 132 valence electrons. The third kappa shape index (κ3) is 4.42. The molecule has 1 aliphatic rings. The smallest absolute Gasteiger partial charge is 0.223 e. The molecule has 3 nitrogen and oxygen atoms in total. The molecular weight excluding hydrogens is 334 g/mol. The van der Waals surface area contributed by atoms with E-state index in [4.69, 9.17) is 11.6 Å². The van der Waals surface area contributed by atoms with E-state index in [0.29, 0.717) is 18.0 Å². The van der Waals surface area contributed by atoms with Crippen molar-refractivity contribution in [2.24, 2.45) is 5.41 Å². The summed E-state index contributed by atoms with van der Waals surface area (Å²) in [6.07, 6.45) is 2.39. The van der Waals surface area contributed by atoms with Crippen LogP contribution in [0.3, 0.4) is 0 Å². The highest BCUT2D eigenvalue weighted by Crippen LogP contribution is 2.45. The number of hydrogen-bond acceptors (Lipinski definition) is 2. The van der Waals surface area contributed by atoms with Crippen molar-refractivity contribution in [2.45, 2.75) is 25.2 Å². The van der Waals surface area contributed by atoms with E-state index in [-0.39, 0.29) is 23.8 Å². The number of aliphatic hydroxyl groups excluding tert-OH is 1. The SMILES string of the molecule is CN(CC1(CO)CC1)C(=O)CC(c1ccccc1)c1cccc(Cl)c1. The van der Waals surface area contributed by atoms with Crippen molar-refractivity contribution < 1.29 is 9.90 Å². The summed E-state index contributed by atoms with van der Waals surface area (Å²) in [7, 11) is 1.83. The van der Waals surface area contributed by atoms with Gasteiger partial charge >= 0.3 is 0 Å². The standard InChI is InChI=1S/C21H24ClNO2/c1-23(14-21(15-24)10-11-21)20(25)13-19(16-6-3-2-4-7-16)17-8-5-9-18(22)12-17/h2-9,12,19,24H,10-11,13-15H2,1H3. The van der Waals surface area contributed by atoms with Gasteiger partial charge in [0.15, 0.2) is 0 Å². The predicted octanol–water partition coefficient (Wildman–Crippen LogP) is 4.09. The van der Waals surface area contributed by atoms with Crippen LogP contribution in [-0.4, -0.2) is 36.1 Å². The van der Waals surface area contributed by atoms with Crippen LogP contribution in [0.5, 0.6) is 0 Å². The first kappa shape index (κ1) is 18.0. The van der Waals surface area contributed by atoms with Gasteiger partial charge < -0.3 is 10.0 Å². The quantitative estimate of drug-likeness (QED) is 0.810. The van der Waals surface area contributed by atoms with Crippen molar-refractivity contribution in [1.82, 2.24) is 4.90 Å². The lowest BCUT2D eigenvalue weighted by atomic mass is 9.88. The van der Waals surface area contributed by atoms with Crippen LogP contribution in [0.15, 0.2) is 54.6 Å². The van der Waals surface area contributed by atoms with Gasteiger partial charge in [-0.2, -0.15) is 0 Å². The third-order valence-corrected chi connectivity index (χ3v) is 5.36. The zero-order chi connectivity index (χ0) is 17.9. The second-order valence-corrected chi connectivity index (χ2v) is 7.57. The highest BCUT2D eigenvalue weighted by atomic mass is 35.5. The lowest BCUT2D eigenvalue weighted by Gasteiger charge is -2.25. The van der Waals surface area contributed by atoms with Crippen LogP contribution in [0.25, 0.3) is 0 Å². The van der Waals surface area contributed by atoms with Gasteiger partial charge in [-0.1, -0.05) is 54.1 Å². The molecule has 1 atom stereocenters. The fraction of sp³-hybridized carbons (Fsp3) is 0.381. The number of hydrogen-bond donors (Lipinski definition) is 1. The van der Waals surface area contributed by atoms with E-state index < -0.39 is 0 Å². The molecule has 0 aliphatic heterocycles. The van der Waals surface area contributed by atoms with Gasteiger partial charge in [-0.05, 0) is 36.1 Å². The Morgan fingerprint density at radius 3 is 2.44 bits per heavy atom. The normalized spacial score (nSPS) is 16.3. The number of benzene rings is 2. The van der Waals surface area contributed by atoms with Crippen molar-refractivity contribution in [2.75, 3.05) is 20.2 Å². The van der Waals surface area contributed by atoms with E-state index in [0.717, 1.165) is 24.0 Å². The highest BCUT2D eigenvalue weighted by Gasteiger charge is 2.43. The van der Waals surface area contributed by atoms with Gasteiger partial charge in [-0.25, -0.2) is 0 Å². The molecule has 25 heavy (non-hydrogen) atoms. The minimum Gasteiger partial charge on any atom is -0.396 e. The van der Waals surface area contributed by atoms with E-state index in [2.05, 4.69) is 12.1 Å². The maximum absolute atomic E-state index is 12.8. The minimum atomic E-state index is -0.0668. The first-order valence-corrected chi connectivity index (χ1v) is 9.06. The molecule has 3 rings (SSSR count). The molecule has 0 spiro atoms. The second kappa shape index (κ2) is 7.59. The summed E-state index contributed by atoms with van der Waals surface area (Å²) in [6, 6.07) is 17.8. The van der Waals surface area contributed by atoms with Crippen molar-refractivity contribution in [3.8, 4) is 0 Å². The Hall–Kier alpha value is -1.84. The van der Waals surface area contributed by atoms with Crippen molar-refractivity contribution in [3.05, 3.63) is 70.7 Å². The van der Waals surface area contributed by atoms with Gasteiger partial charge in [0, 0.05) is 36.4 Å². The Bertz CT molecular complexity index is 728. The molecule has 0 heterocycles. The van der Waals surface area contributed by atoms with Crippen LogP contribution in [-0.2, 0) is 4.79 Å². The Balaban J connectivity index is 1.79. The summed E-state index contributed by atoms with van der Waals surface area (Å²) in [5.74, 6) is 0.0627. The van der Waals surface area contributed by atoms with Gasteiger partial charge in [-0.15, -0.1) is 0 Å². The van der Waals surface area contributed by atoms with Crippen molar-refractivity contribution in [1.29, 1.82) is 0 Å². The Labute approximate surface area is 154 Å². The van der Waals surface area contributed by atoms with Gasteiger partial charge in [0.1, 0.15) is 0 Å². The van der Waals surface area contributed by atoms with E-state index >= 15 is 0 Å². The number of carbonyl (C=O) groups excluding carboxylic acids is 1. The molecule has 1 aliphatic carbocycles. The van der Waals surface area contributed by atoms with Crippen LogP contribution < -0.4 is 0 Å². The lowest BCUT2D eigenvalue weighted by molar-refractivity contribution is -0.131. The van der Waals surface area contributed by atoms with Gasteiger partial charge in [0.05, 0.1) is 6.61 Å². The first-order chi connectivity index (χ1) is 12.0. The number of nitrogens with zero attached hydrogens (tertiary/aromatic N) is 1. The average molecular weight is 358 g/mol. The van der Waals surface area contributed by atoms with Crippen molar-refractivity contribution >= 4 is 17.5 Å². The summed E-state index contributed by atoms with van der Waals surface area (Å²) in [4.78, 5) is 14.6. The van der Waals surface area contributed by atoms with Crippen LogP contribution in [0.1, 0.15) is 36.3 Å². The lowest BCUT2D eigenvalue weighted by Crippen LogP contribution is -2.34. The number of halogens is 1. The fourth-order valence-corrected chi connectivity index (χ4v) is 3.50. The summed E-state index contributed by atoms with van der Waals surface area (Å²) < 4.78 is 0.